The Morgan fingerprint density at radius 3 is 1.46 bits per heavy atom. The van der Waals surface area contributed by atoms with E-state index >= 15 is 0 Å². The molecule has 0 unspecified atom stereocenters. The molecule has 0 saturated carbocycles. The SMILES string of the molecule is c1ccc(N(c2ccc3oc4ccccc4c3c2)c2cc3oc4ccc(N(c5ccccc5)c5cccc6oc7ccccc7c56)cc4c3c3ccccc23)cc1. The van der Waals surface area contributed by atoms with Crippen molar-refractivity contribution in [2.45, 2.75) is 0 Å². The maximum absolute atomic E-state index is 6.83. The predicted octanol–water partition coefficient (Wildman–Crippen LogP) is 15.5. The van der Waals surface area contributed by atoms with Gasteiger partial charge in [-0.05, 0) is 90.3 Å². The minimum absolute atomic E-state index is 0.820. The molecule has 57 heavy (non-hydrogen) atoms. The Kier molecular flexibility index (Phi) is 6.86. The van der Waals surface area contributed by atoms with Crippen molar-refractivity contribution in [1.82, 2.24) is 0 Å². The Morgan fingerprint density at radius 2 is 0.737 bits per heavy atom. The summed E-state index contributed by atoms with van der Waals surface area (Å²) in [5.74, 6) is 0. The zero-order chi connectivity index (χ0) is 37.5. The first-order chi connectivity index (χ1) is 28.3. The van der Waals surface area contributed by atoms with Gasteiger partial charge in [-0.15, -0.1) is 0 Å². The third kappa shape index (κ3) is 4.89. The highest BCUT2D eigenvalue weighted by molar-refractivity contribution is 6.23. The van der Waals surface area contributed by atoms with Crippen LogP contribution < -0.4 is 9.80 Å². The van der Waals surface area contributed by atoms with Crippen LogP contribution in [0.4, 0.5) is 34.1 Å². The van der Waals surface area contributed by atoms with Gasteiger partial charge in [0.25, 0.3) is 0 Å². The fraction of sp³-hybridized carbons (Fsp3) is 0. The van der Waals surface area contributed by atoms with Crippen LogP contribution in [0.2, 0.25) is 0 Å². The van der Waals surface area contributed by atoms with E-state index in [-0.39, 0.29) is 0 Å². The standard InChI is InChI=1S/C52H32N2O3/c1-3-14-33(15-4-1)53(43-22-13-25-49-52(43)40-21-10-12-24-46(40)56-49)36-27-29-48-42(31-36)51-39-20-8-7-18-37(39)44(32-50(51)57-48)54(34-16-5-2-6-17-34)35-26-28-47-41(30-35)38-19-9-11-23-45(38)55-47/h1-32H. The number of benzene rings is 9. The number of rotatable bonds is 6. The first-order valence-electron chi connectivity index (χ1n) is 19.2. The molecule has 0 aliphatic rings. The molecule has 0 saturated heterocycles. The molecule has 5 nitrogen and oxygen atoms in total. The molecule has 3 heterocycles. The van der Waals surface area contributed by atoms with Gasteiger partial charge in [0.15, 0.2) is 0 Å². The van der Waals surface area contributed by atoms with Gasteiger partial charge < -0.3 is 23.1 Å². The van der Waals surface area contributed by atoms with E-state index in [0.29, 0.717) is 0 Å². The molecule has 12 aromatic rings. The van der Waals surface area contributed by atoms with Crippen LogP contribution in [0.25, 0.3) is 76.6 Å². The zero-order valence-electron chi connectivity index (χ0n) is 30.6. The second-order valence-electron chi connectivity index (χ2n) is 14.5. The molecule has 268 valence electrons. The molecule has 5 heteroatoms. The monoisotopic (exact) mass is 732 g/mol. The zero-order valence-corrected chi connectivity index (χ0v) is 30.6. The van der Waals surface area contributed by atoms with Crippen LogP contribution in [0.1, 0.15) is 0 Å². The van der Waals surface area contributed by atoms with Crippen LogP contribution in [0.5, 0.6) is 0 Å². The molecular weight excluding hydrogens is 701 g/mol. The number of furan rings is 3. The van der Waals surface area contributed by atoms with Gasteiger partial charge >= 0.3 is 0 Å². The summed E-state index contributed by atoms with van der Waals surface area (Å²) in [4.78, 5) is 4.65. The molecule has 0 N–H and O–H groups in total. The van der Waals surface area contributed by atoms with E-state index in [9.17, 15) is 0 Å². The number of hydrogen-bond donors (Lipinski definition) is 0. The molecule has 0 aliphatic heterocycles. The minimum atomic E-state index is 0.820. The van der Waals surface area contributed by atoms with Crippen molar-refractivity contribution in [2.75, 3.05) is 9.80 Å². The quantitative estimate of drug-likeness (QED) is 0.170. The van der Waals surface area contributed by atoms with Crippen molar-refractivity contribution in [3.05, 3.63) is 194 Å². The number of nitrogens with zero attached hydrogens (tertiary/aromatic N) is 2. The largest absolute Gasteiger partial charge is 0.456 e. The summed E-state index contributed by atoms with van der Waals surface area (Å²) in [6, 6.07) is 67.7. The van der Waals surface area contributed by atoms with E-state index in [1.807, 2.05) is 30.3 Å². The Morgan fingerprint density at radius 1 is 0.246 bits per heavy atom. The molecule has 9 aromatic carbocycles. The van der Waals surface area contributed by atoms with Crippen LogP contribution in [0, 0.1) is 0 Å². The third-order valence-electron chi connectivity index (χ3n) is 11.2. The highest BCUT2D eigenvalue weighted by Crippen LogP contribution is 2.48. The van der Waals surface area contributed by atoms with Gasteiger partial charge in [0.2, 0.25) is 0 Å². The van der Waals surface area contributed by atoms with Crippen molar-refractivity contribution in [3.63, 3.8) is 0 Å². The maximum Gasteiger partial charge on any atom is 0.138 e. The lowest BCUT2D eigenvalue weighted by molar-refractivity contribution is 0.668. The molecule has 0 atom stereocenters. The van der Waals surface area contributed by atoms with Gasteiger partial charge in [-0.2, -0.15) is 0 Å². The van der Waals surface area contributed by atoms with Crippen molar-refractivity contribution < 1.29 is 13.3 Å². The summed E-state index contributed by atoms with van der Waals surface area (Å²) >= 11 is 0. The molecule has 0 fully saturated rings. The van der Waals surface area contributed by atoms with Crippen molar-refractivity contribution in [3.8, 4) is 0 Å². The van der Waals surface area contributed by atoms with Crippen molar-refractivity contribution >= 4 is 111 Å². The maximum atomic E-state index is 6.83. The van der Waals surface area contributed by atoms with Crippen LogP contribution in [0.15, 0.2) is 207 Å². The van der Waals surface area contributed by atoms with E-state index in [1.54, 1.807) is 0 Å². The highest BCUT2D eigenvalue weighted by atomic mass is 16.3. The van der Waals surface area contributed by atoms with Crippen LogP contribution in [-0.2, 0) is 0 Å². The molecule has 0 amide bonds. The van der Waals surface area contributed by atoms with E-state index in [1.165, 1.54) is 0 Å². The van der Waals surface area contributed by atoms with Gasteiger partial charge in [-0.25, -0.2) is 0 Å². The number of para-hydroxylation sites is 4. The fourth-order valence-electron chi connectivity index (χ4n) is 8.74. The Labute approximate surface area is 326 Å². The van der Waals surface area contributed by atoms with Gasteiger partial charge in [-0.1, -0.05) is 103 Å². The average molecular weight is 733 g/mol. The molecule has 0 radical (unpaired) electrons. The third-order valence-corrected chi connectivity index (χ3v) is 11.2. The van der Waals surface area contributed by atoms with Gasteiger partial charge in [0, 0.05) is 61.1 Å². The lowest BCUT2D eigenvalue weighted by atomic mass is 10.00. The lowest BCUT2D eigenvalue weighted by Crippen LogP contribution is -2.10. The molecule has 0 spiro atoms. The summed E-state index contributed by atoms with van der Waals surface area (Å²) in [5, 5.41) is 8.69. The first-order valence-corrected chi connectivity index (χ1v) is 19.2. The van der Waals surface area contributed by atoms with E-state index in [2.05, 4.69) is 174 Å². The van der Waals surface area contributed by atoms with Crippen molar-refractivity contribution in [1.29, 1.82) is 0 Å². The molecule has 12 rings (SSSR count). The van der Waals surface area contributed by atoms with Gasteiger partial charge in [0.1, 0.15) is 33.5 Å². The van der Waals surface area contributed by atoms with E-state index in [4.69, 9.17) is 13.3 Å². The topological polar surface area (TPSA) is 45.9 Å². The van der Waals surface area contributed by atoms with Crippen LogP contribution >= 0.6 is 0 Å². The Bertz CT molecular complexity index is 3490. The van der Waals surface area contributed by atoms with Crippen LogP contribution in [-0.4, -0.2) is 0 Å². The van der Waals surface area contributed by atoms with Crippen LogP contribution in [0.3, 0.4) is 0 Å². The predicted molar refractivity (Wildman–Crippen MR) is 235 cm³/mol. The van der Waals surface area contributed by atoms with E-state index in [0.717, 1.165) is 111 Å². The Hall–Kier alpha value is -7.76. The van der Waals surface area contributed by atoms with Gasteiger partial charge in [0.05, 0.1) is 16.8 Å². The van der Waals surface area contributed by atoms with Gasteiger partial charge in [-0.3, -0.25) is 0 Å². The molecule has 0 bridgehead atoms. The molecular formula is C52H32N2O3. The summed E-state index contributed by atoms with van der Waals surface area (Å²) in [5.41, 5.74) is 11.3. The second-order valence-corrected chi connectivity index (χ2v) is 14.5. The number of anilines is 6. The first kappa shape index (κ1) is 31.6. The summed E-state index contributed by atoms with van der Waals surface area (Å²) in [7, 11) is 0. The fourth-order valence-corrected chi connectivity index (χ4v) is 8.74. The second kappa shape index (κ2) is 12.4. The normalized spacial score (nSPS) is 11.9. The highest BCUT2D eigenvalue weighted by Gasteiger charge is 2.24. The molecule has 0 aliphatic carbocycles. The lowest BCUT2D eigenvalue weighted by Gasteiger charge is -2.27. The summed E-state index contributed by atoms with van der Waals surface area (Å²) in [6.45, 7) is 0. The smallest absolute Gasteiger partial charge is 0.138 e. The Balaban J connectivity index is 1.09. The van der Waals surface area contributed by atoms with Crippen molar-refractivity contribution in [2.24, 2.45) is 0 Å². The number of hydrogen-bond acceptors (Lipinski definition) is 5. The number of fused-ring (bicyclic) bond motifs is 11. The summed E-state index contributed by atoms with van der Waals surface area (Å²) in [6.07, 6.45) is 0. The summed E-state index contributed by atoms with van der Waals surface area (Å²) < 4.78 is 19.4. The molecule has 3 aromatic heterocycles. The minimum Gasteiger partial charge on any atom is -0.456 e. The van der Waals surface area contributed by atoms with E-state index < -0.39 is 0 Å². The average Bonchev–Trinajstić information content (AvgIpc) is 3.96.